The zero-order valence-electron chi connectivity index (χ0n) is 25.7. The van der Waals surface area contributed by atoms with Gasteiger partial charge in [0.1, 0.15) is 11.5 Å². The molecule has 0 bridgehead atoms. The number of allylic oxidation sites excluding steroid dienone is 2. The van der Waals surface area contributed by atoms with Gasteiger partial charge in [0.25, 0.3) is 0 Å². The number of carbonyl (C=O) groups is 2. The molecule has 0 fully saturated rings. The van der Waals surface area contributed by atoms with E-state index in [1.807, 2.05) is 56.4 Å². The minimum absolute atomic E-state index is 0.135. The van der Waals surface area contributed by atoms with Crippen LogP contribution in [0.4, 0.5) is 18.9 Å². The van der Waals surface area contributed by atoms with Crippen molar-refractivity contribution in [2.24, 2.45) is 4.99 Å². The number of hydrogen-bond donors (Lipinski definition) is 2. The van der Waals surface area contributed by atoms with Crippen LogP contribution in [0.5, 0.6) is 11.8 Å². The Balaban J connectivity index is 0.000000305. The van der Waals surface area contributed by atoms with Gasteiger partial charge in [-0.05, 0) is 80.8 Å². The van der Waals surface area contributed by atoms with Crippen LogP contribution in [0.2, 0.25) is 0 Å². The number of halogens is 3. The van der Waals surface area contributed by atoms with Gasteiger partial charge in [-0.3, -0.25) is 14.8 Å². The molecule has 2 aromatic carbocycles. The number of aromatic carboxylic acids is 1. The van der Waals surface area contributed by atoms with Crippen molar-refractivity contribution >= 4 is 23.7 Å². The van der Waals surface area contributed by atoms with E-state index < -0.39 is 23.4 Å². The minimum Gasteiger partial charge on any atom is -0.478 e. The Bertz CT molecular complexity index is 1600. The molecule has 236 valence electrons. The number of aldehydes is 1. The summed E-state index contributed by atoms with van der Waals surface area (Å²) >= 11 is 0. The molecular weight excluding hydrogens is 587 g/mol. The van der Waals surface area contributed by atoms with Gasteiger partial charge in [0.2, 0.25) is 0 Å². The lowest BCUT2D eigenvalue weighted by molar-refractivity contribution is -0.105. The van der Waals surface area contributed by atoms with Crippen LogP contribution in [-0.4, -0.2) is 58.3 Å². The maximum atomic E-state index is 12.0. The number of ether oxygens (including phenoxy) is 1. The van der Waals surface area contributed by atoms with Crippen molar-refractivity contribution in [3.8, 4) is 22.9 Å². The molecule has 0 aliphatic heterocycles. The van der Waals surface area contributed by atoms with Gasteiger partial charge in [0.05, 0.1) is 5.56 Å². The van der Waals surface area contributed by atoms with Crippen LogP contribution in [-0.2, 0) is 4.79 Å². The molecule has 45 heavy (non-hydrogen) atoms. The van der Waals surface area contributed by atoms with Crippen LogP contribution in [0.15, 0.2) is 89.8 Å². The van der Waals surface area contributed by atoms with Crippen LogP contribution in [0.3, 0.4) is 0 Å². The van der Waals surface area contributed by atoms with Gasteiger partial charge in [-0.1, -0.05) is 24.3 Å². The zero-order chi connectivity index (χ0) is 33.6. The molecule has 4 aromatic rings. The Hall–Kier alpha value is -5.39. The average molecular weight is 622 g/mol. The first-order chi connectivity index (χ1) is 21.3. The molecule has 2 N–H and O–H groups in total. The first-order valence-corrected chi connectivity index (χ1v) is 13.5. The van der Waals surface area contributed by atoms with Gasteiger partial charge in [-0.15, -0.1) is 0 Å². The number of carbonyl (C=O) groups excluding carboxylic acids is 1. The molecule has 2 aromatic heterocycles. The molecule has 4 rings (SSSR count). The van der Waals surface area contributed by atoms with Crippen molar-refractivity contribution in [2.45, 2.75) is 33.9 Å². The third-order valence-corrected chi connectivity index (χ3v) is 6.05. The van der Waals surface area contributed by atoms with Crippen LogP contribution in [0, 0.1) is 20.8 Å². The highest BCUT2D eigenvalue weighted by atomic mass is 19.4. The van der Waals surface area contributed by atoms with Gasteiger partial charge in [0.15, 0.2) is 6.29 Å². The summed E-state index contributed by atoms with van der Waals surface area (Å²) in [4.78, 5) is 36.8. The quantitative estimate of drug-likeness (QED) is 0.124. The number of alkyl halides is 3. The molecule has 9 nitrogen and oxygen atoms in total. The Morgan fingerprint density at radius 1 is 0.956 bits per heavy atom. The fraction of sp³-hybridized carbons (Fsp3) is 0.212. The Morgan fingerprint density at radius 3 is 1.91 bits per heavy atom. The monoisotopic (exact) mass is 621 g/mol. The van der Waals surface area contributed by atoms with Gasteiger partial charge < -0.3 is 15.2 Å². The second kappa shape index (κ2) is 17.0. The molecule has 0 aliphatic carbocycles. The van der Waals surface area contributed by atoms with Gasteiger partial charge in [0, 0.05) is 55.2 Å². The Labute approximate surface area is 259 Å². The number of nitrogens with zero attached hydrogens (tertiary/aromatic N) is 4. The topological polar surface area (TPSA) is 127 Å². The van der Waals surface area contributed by atoms with Gasteiger partial charge in [-0.2, -0.15) is 13.2 Å². The second-order valence-corrected chi connectivity index (χ2v) is 9.33. The van der Waals surface area contributed by atoms with E-state index in [1.54, 1.807) is 44.6 Å². The van der Waals surface area contributed by atoms with Crippen molar-refractivity contribution < 1.29 is 32.6 Å². The number of hydrogen-bond acceptors (Lipinski definition) is 8. The summed E-state index contributed by atoms with van der Waals surface area (Å²) in [7, 11) is 2.87. The fourth-order valence-electron chi connectivity index (χ4n) is 3.80. The third kappa shape index (κ3) is 11.0. The minimum atomic E-state index is -4.56. The summed E-state index contributed by atoms with van der Waals surface area (Å²) in [5.41, 5.74) is 4.09. The first kappa shape index (κ1) is 35.8. The molecule has 0 saturated heterocycles. The van der Waals surface area contributed by atoms with Crippen molar-refractivity contribution in [3.05, 3.63) is 107 Å². The number of pyridine rings is 1. The standard InChI is InChI=1S/C20H19N3O3.C7H8F3NO.C6H7N/c1-12-8-15(19(24)25)9-13(2)18(12)26-20-22-10-16(11-23-20)14-4-6-17(21-3)7-5-14;1-3-5(4-12)6(11-2)7(8,9)10;1-6-4-2-3-5-7-6/h4-11,21H,1-3H3,(H,24,25);3-4H,1-2H3;2-5H,1H3/b;5-3-,11-6?;. The molecule has 0 unspecified atom stereocenters. The predicted molar refractivity (Wildman–Crippen MR) is 168 cm³/mol. The lowest BCUT2D eigenvalue weighted by Gasteiger charge is -2.11. The van der Waals surface area contributed by atoms with E-state index in [2.05, 4.69) is 25.3 Å². The van der Waals surface area contributed by atoms with Crippen LogP contribution >= 0.6 is 0 Å². The summed E-state index contributed by atoms with van der Waals surface area (Å²) in [6.45, 7) is 6.92. The number of rotatable bonds is 7. The number of aromatic nitrogens is 3. The molecule has 12 heteroatoms. The van der Waals surface area contributed by atoms with E-state index in [-0.39, 0.29) is 17.9 Å². The normalized spacial score (nSPS) is 11.3. The largest absolute Gasteiger partial charge is 0.478 e. The number of benzene rings is 2. The van der Waals surface area contributed by atoms with Crippen LogP contribution in [0.25, 0.3) is 11.1 Å². The molecule has 0 aliphatic rings. The van der Waals surface area contributed by atoms with Crippen molar-refractivity contribution in [1.29, 1.82) is 0 Å². The van der Waals surface area contributed by atoms with Crippen LogP contribution in [0.1, 0.15) is 34.1 Å². The Kier molecular flexibility index (Phi) is 13.6. The average Bonchev–Trinajstić information content (AvgIpc) is 3.02. The van der Waals surface area contributed by atoms with Crippen molar-refractivity contribution in [1.82, 2.24) is 15.0 Å². The fourth-order valence-corrected chi connectivity index (χ4v) is 3.80. The molecule has 0 amide bonds. The summed E-state index contributed by atoms with van der Waals surface area (Å²) in [6.07, 6.45) is 1.84. The van der Waals surface area contributed by atoms with E-state index in [1.165, 1.54) is 6.92 Å². The predicted octanol–water partition coefficient (Wildman–Crippen LogP) is 7.45. The molecular formula is C33H34F3N5O4. The van der Waals surface area contributed by atoms with Crippen LogP contribution < -0.4 is 10.1 Å². The molecule has 0 radical (unpaired) electrons. The van der Waals surface area contributed by atoms with E-state index in [0.717, 1.165) is 46.8 Å². The molecule has 0 spiro atoms. The number of anilines is 1. The first-order valence-electron chi connectivity index (χ1n) is 13.5. The SMILES string of the molecule is C/C=C(/C=O)C(=NC)C(F)(F)F.CNc1ccc(-c2cnc(Oc3c(C)cc(C(=O)O)cc3C)nc2)cc1.Cc1ccccn1. The smallest absolute Gasteiger partial charge is 0.433 e. The number of nitrogens with one attached hydrogen (secondary N) is 1. The zero-order valence-corrected chi connectivity index (χ0v) is 25.7. The van der Waals surface area contributed by atoms with Crippen molar-refractivity contribution in [3.63, 3.8) is 0 Å². The lowest BCUT2D eigenvalue weighted by atomic mass is 10.1. The third-order valence-electron chi connectivity index (χ3n) is 6.05. The number of carboxylic acid groups (broad SMARTS) is 1. The van der Waals surface area contributed by atoms with E-state index >= 15 is 0 Å². The molecule has 2 heterocycles. The van der Waals surface area contributed by atoms with Crippen molar-refractivity contribution in [2.75, 3.05) is 19.4 Å². The lowest BCUT2D eigenvalue weighted by Crippen LogP contribution is -2.25. The maximum absolute atomic E-state index is 12.0. The summed E-state index contributed by atoms with van der Waals surface area (Å²) in [5.74, 6) is -0.395. The molecule has 0 atom stereocenters. The second-order valence-electron chi connectivity index (χ2n) is 9.33. The summed E-state index contributed by atoms with van der Waals surface area (Å²) in [6, 6.07) is 17.2. The summed E-state index contributed by atoms with van der Waals surface area (Å²) < 4.78 is 41.8. The highest BCUT2D eigenvalue weighted by Gasteiger charge is 2.37. The number of aryl methyl sites for hydroxylation is 3. The Morgan fingerprint density at radius 2 is 1.56 bits per heavy atom. The van der Waals surface area contributed by atoms with Gasteiger partial charge in [-0.25, -0.2) is 14.8 Å². The number of aliphatic imine (C=N–C) groups is 1. The van der Waals surface area contributed by atoms with Gasteiger partial charge >= 0.3 is 18.2 Å². The van der Waals surface area contributed by atoms with E-state index in [4.69, 9.17) is 9.84 Å². The highest BCUT2D eigenvalue weighted by Crippen LogP contribution is 2.29. The van der Waals surface area contributed by atoms with E-state index in [9.17, 15) is 22.8 Å². The van der Waals surface area contributed by atoms with E-state index in [0.29, 0.717) is 5.75 Å². The highest BCUT2D eigenvalue weighted by molar-refractivity contribution is 6.17. The summed E-state index contributed by atoms with van der Waals surface area (Å²) in [5, 5.41) is 12.2. The molecule has 0 saturated carbocycles. The number of carboxylic acids is 1. The maximum Gasteiger partial charge on any atom is 0.433 e.